The summed E-state index contributed by atoms with van der Waals surface area (Å²) in [4.78, 5) is 24.6. The SMILES string of the molecule is C[C@@H](OC(=O)c1sc2cc(Cl)ccc2c1Cl)C(=O)NCc1ccco1. The van der Waals surface area contributed by atoms with Crippen LogP contribution in [-0.4, -0.2) is 18.0 Å². The van der Waals surface area contributed by atoms with Crippen molar-refractivity contribution in [2.75, 3.05) is 0 Å². The molecule has 0 spiro atoms. The van der Waals surface area contributed by atoms with E-state index in [1.54, 1.807) is 30.3 Å². The molecule has 25 heavy (non-hydrogen) atoms. The molecule has 0 aliphatic rings. The van der Waals surface area contributed by atoms with E-state index in [9.17, 15) is 9.59 Å². The van der Waals surface area contributed by atoms with Crippen molar-refractivity contribution in [1.29, 1.82) is 0 Å². The highest BCUT2D eigenvalue weighted by Crippen LogP contribution is 2.37. The van der Waals surface area contributed by atoms with Crippen molar-refractivity contribution in [2.24, 2.45) is 0 Å². The van der Waals surface area contributed by atoms with Crippen LogP contribution < -0.4 is 5.32 Å². The Hall–Kier alpha value is -2.02. The number of esters is 1. The number of rotatable bonds is 5. The minimum absolute atomic E-state index is 0.218. The van der Waals surface area contributed by atoms with Gasteiger partial charge in [0.1, 0.15) is 10.6 Å². The Labute approximate surface area is 157 Å². The number of halogens is 2. The molecule has 0 bridgehead atoms. The lowest BCUT2D eigenvalue weighted by Crippen LogP contribution is -2.35. The predicted octanol–water partition coefficient (Wildman–Crippen LogP) is 4.66. The van der Waals surface area contributed by atoms with Crippen molar-refractivity contribution in [3.8, 4) is 0 Å². The molecule has 0 aliphatic carbocycles. The maximum Gasteiger partial charge on any atom is 0.350 e. The summed E-state index contributed by atoms with van der Waals surface area (Å²) in [5, 5.41) is 4.20. The van der Waals surface area contributed by atoms with E-state index in [-0.39, 0.29) is 11.4 Å². The van der Waals surface area contributed by atoms with Crippen LogP contribution in [0.15, 0.2) is 41.0 Å². The van der Waals surface area contributed by atoms with Gasteiger partial charge in [-0.3, -0.25) is 4.79 Å². The average Bonchev–Trinajstić information content (AvgIpc) is 3.20. The third-order valence-electron chi connectivity index (χ3n) is 3.45. The van der Waals surface area contributed by atoms with E-state index < -0.39 is 18.0 Å². The van der Waals surface area contributed by atoms with E-state index >= 15 is 0 Å². The van der Waals surface area contributed by atoms with Gasteiger partial charge in [0.2, 0.25) is 0 Å². The Morgan fingerprint density at radius 1 is 1.32 bits per heavy atom. The minimum atomic E-state index is -0.965. The third kappa shape index (κ3) is 3.98. The lowest BCUT2D eigenvalue weighted by atomic mass is 10.2. The summed E-state index contributed by atoms with van der Waals surface area (Å²) < 4.78 is 11.1. The van der Waals surface area contributed by atoms with Gasteiger partial charge in [-0.1, -0.05) is 29.3 Å². The fourth-order valence-electron chi connectivity index (χ4n) is 2.17. The quantitative estimate of drug-likeness (QED) is 0.635. The standard InChI is InChI=1S/C17H13Cl2NO4S/c1-9(16(21)20-8-11-3-2-6-23-11)24-17(22)15-14(19)12-5-4-10(18)7-13(12)25-15/h2-7,9H,8H2,1H3,(H,20,21)/t9-/m1/s1. The molecule has 0 aliphatic heterocycles. The molecule has 1 aromatic carbocycles. The number of carbonyl (C=O) groups is 2. The van der Waals surface area contributed by atoms with E-state index in [0.717, 1.165) is 10.1 Å². The first-order valence-electron chi connectivity index (χ1n) is 7.34. The van der Waals surface area contributed by atoms with Crippen molar-refractivity contribution in [3.63, 3.8) is 0 Å². The first-order chi connectivity index (χ1) is 12.0. The molecule has 8 heteroatoms. The van der Waals surface area contributed by atoms with Crippen LogP contribution in [0.25, 0.3) is 10.1 Å². The molecule has 0 saturated heterocycles. The largest absolute Gasteiger partial charge is 0.467 e. The zero-order valence-electron chi connectivity index (χ0n) is 13.0. The fourth-order valence-corrected chi connectivity index (χ4v) is 3.84. The summed E-state index contributed by atoms with van der Waals surface area (Å²) >= 11 is 13.4. The molecule has 130 valence electrons. The molecule has 0 saturated carbocycles. The molecule has 3 rings (SSSR count). The fraction of sp³-hybridized carbons (Fsp3) is 0.176. The second-order valence-corrected chi connectivity index (χ2v) is 7.10. The predicted molar refractivity (Wildman–Crippen MR) is 97.3 cm³/mol. The first-order valence-corrected chi connectivity index (χ1v) is 8.91. The molecule has 0 radical (unpaired) electrons. The van der Waals surface area contributed by atoms with E-state index in [1.165, 1.54) is 24.5 Å². The smallest absolute Gasteiger partial charge is 0.350 e. The number of hydrogen-bond acceptors (Lipinski definition) is 5. The number of nitrogens with one attached hydrogen (secondary N) is 1. The van der Waals surface area contributed by atoms with Crippen LogP contribution in [0, 0.1) is 0 Å². The first kappa shape index (κ1) is 17.8. The molecular formula is C17H13Cl2NO4S. The molecule has 0 fully saturated rings. The number of thiophene rings is 1. The van der Waals surface area contributed by atoms with E-state index in [0.29, 0.717) is 15.8 Å². The normalized spacial score (nSPS) is 12.1. The molecule has 3 aromatic rings. The van der Waals surface area contributed by atoms with Crippen molar-refractivity contribution >= 4 is 56.5 Å². The number of ether oxygens (including phenoxy) is 1. The molecular weight excluding hydrogens is 385 g/mol. The Morgan fingerprint density at radius 2 is 2.12 bits per heavy atom. The van der Waals surface area contributed by atoms with Crippen LogP contribution in [-0.2, 0) is 16.1 Å². The lowest BCUT2D eigenvalue weighted by Gasteiger charge is -2.12. The number of fused-ring (bicyclic) bond motifs is 1. The summed E-state index contributed by atoms with van der Waals surface area (Å²) in [6.45, 7) is 1.71. The lowest BCUT2D eigenvalue weighted by molar-refractivity contribution is -0.129. The topological polar surface area (TPSA) is 68.5 Å². The van der Waals surface area contributed by atoms with Crippen molar-refractivity contribution in [3.05, 3.63) is 57.3 Å². The van der Waals surface area contributed by atoms with Gasteiger partial charge in [0.05, 0.1) is 17.8 Å². The highest BCUT2D eigenvalue weighted by atomic mass is 35.5. The molecule has 2 aromatic heterocycles. The molecule has 1 amide bonds. The summed E-state index contributed by atoms with van der Waals surface area (Å²) in [6, 6.07) is 8.62. The van der Waals surface area contributed by atoms with Gasteiger partial charge in [-0.2, -0.15) is 0 Å². The molecule has 1 atom stereocenters. The second-order valence-electron chi connectivity index (χ2n) is 5.23. The number of hydrogen-bond donors (Lipinski definition) is 1. The van der Waals surface area contributed by atoms with E-state index in [2.05, 4.69) is 5.32 Å². The number of furan rings is 1. The molecule has 1 N–H and O–H groups in total. The highest BCUT2D eigenvalue weighted by molar-refractivity contribution is 7.21. The number of carbonyl (C=O) groups excluding carboxylic acids is 2. The van der Waals surface area contributed by atoms with Crippen LogP contribution in [0.5, 0.6) is 0 Å². The summed E-state index contributed by atoms with van der Waals surface area (Å²) in [7, 11) is 0. The number of amides is 1. The maximum atomic E-state index is 12.3. The highest BCUT2D eigenvalue weighted by Gasteiger charge is 2.23. The van der Waals surface area contributed by atoms with Gasteiger partial charge in [0, 0.05) is 15.1 Å². The Morgan fingerprint density at radius 3 is 2.84 bits per heavy atom. The maximum absolute atomic E-state index is 12.3. The van der Waals surface area contributed by atoms with Gasteiger partial charge in [-0.15, -0.1) is 11.3 Å². The van der Waals surface area contributed by atoms with E-state index in [4.69, 9.17) is 32.4 Å². The van der Waals surface area contributed by atoms with Gasteiger partial charge < -0.3 is 14.5 Å². The van der Waals surface area contributed by atoms with Crippen LogP contribution in [0.4, 0.5) is 0 Å². The van der Waals surface area contributed by atoms with E-state index in [1.807, 2.05) is 0 Å². The van der Waals surface area contributed by atoms with Crippen LogP contribution >= 0.6 is 34.5 Å². The van der Waals surface area contributed by atoms with Gasteiger partial charge in [-0.05, 0) is 31.2 Å². The van der Waals surface area contributed by atoms with Crippen LogP contribution in [0.2, 0.25) is 10.0 Å². The zero-order chi connectivity index (χ0) is 18.0. The van der Waals surface area contributed by atoms with Crippen LogP contribution in [0.3, 0.4) is 0 Å². The Kier molecular flexibility index (Phi) is 5.32. The molecule has 0 unspecified atom stereocenters. The molecule has 5 nitrogen and oxygen atoms in total. The average molecular weight is 398 g/mol. The van der Waals surface area contributed by atoms with Crippen molar-refractivity contribution in [2.45, 2.75) is 19.6 Å². The van der Waals surface area contributed by atoms with Gasteiger partial charge in [0.15, 0.2) is 6.10 Å². The molecule has 2 heterocycles. The van der Waals surface area contributed by atoms with Gasteiger partial charge in [0.25, 0.3) is 5.91 Å². The number of benzene rings is 1. The van der Waals surface area contributed by atoms with Crippen molar-refractivity contribution in [1.82, 2.24) is 5.32 Å². The third-order valence-corrected chi connectivity index (χ3v) is 5.32. The van der Waals surface area contributed by atoms with Crippen LogP contribution in [0.1, 0.15) is 22.4 Å². The van der Waals surface area contributed by atoms with Crippen molar-refractivity contribution < 1.29 is 18.7 Å². The van der Waals surface area contributed by atoms with Gasteiger partial charge in [-0.25, -0.2) is 4.79 Å². The zero-order valence-corrected chi connectivity index (χ0v) is 15.4. The Balaban J connectivity index is 1.67. The monoisotopic (exact) mass is 397 g/mol. The second kappa shape index (κ2) is 7.47. The summed E-state index contributed by atoms with van der Waals surface area (Å²) in [5.74, 6) is -0.468. The summed E-state index contributed by atoms with van der Waals surface area (Å²) in [6.07, 6.45) is 0.549. The minimum Gasteiger partial charge on any atom is -0.467 e. The van der Waals surface area contributed by atoms with Gasteiger partial charge >= 0.3 is 5.97 Å². The summed E-state index contributed by atoms with van der Waals surface area (Å²) in [5.41, 5.74) is 0. The Bertz CT molecular complexity index is 920.